The number of carboxylic acids is 1. The van der Waals surface area contributed by atoms with Crippen LogP contribution < -0.4 is 16.2 Å². The number of aryl methyl sites for hydroxylation is 1. The molecule has 2 rings (SSSR count). The molecule has 1 aromatic heterocycles. The standard InChI is InChI=1S/C11H16N4O3/c1-2-7-13-8(5-9(16)14-7)15-4-3-11(12,6-15)10(17)18/h5H,2-4,6,12H2,1H3,(H,17,18)(H,13,14,16). The van der Waals surface area contributed by atoms with Crippen molar-refractivity contribution in [3.8, 4) is 0 Å². The minimum Gasteiger partial charge on any atom is -0.480 e. The normalized spacial score (nSPS) is 23.3. The van der Waals surface area contributed by atoms with Crippen LogP contribution in [0.2, 0.25) is 0 Å². The van der Waals surface area contributed by atoms with Crippen molar-refractivity contribution in [2.24, 2.45) is 5.73 Å². The Morgan fingerprint density at radius 1 is 1.72 bits per heavy atom. The quantitative estimate of drug-likeness (QED) is 0.657. The number of aromatic nitrogens is 2. The summed E-state index contributed by atoms with van der Waals surface area (Å²) in [6, 6.07) is 1.37. The molecule has 0 saturated carbocycles. The van der Waals surface area contributed by atoms with Gasteiger partial charge in [0.15, 0.2) is 0 Å². The van der Waals surface area contributed by atoms with Gasteiger partial charge in [0.2, 0.25) is 0 Å². The fourth-order valence-electron chi connectivity index (χ4n) is 2.03. The summed E-state index contributed by atoms with van der Waals surface area (Å²) in [5, 5.41) is 9.05. The second-order valence-electron chi connectivity index (χ2n) is 4.54. The van der Waals surface area contributed by atoms with E-state index in [0.717, 1.165) is 0 Å². The van der Waals surface area contributed by atoms with Crippen molar-refractivity contribution in [1.29, 1.82) is 0 Å². The molecule has 1 aliphatic rings. The van der Waals surface area contributed by atoms with Gasteiger partial charge in [-0.1, -0.05) is 6.92 Å². The highest BCUT2D eigenvalue weighted by atomic mass is 16.4. The smallest absolute Gasteiger partial charge is 0.325 e. The number of anilines is 1. The van der Waals surface area contributed by atoms with Crippen LogP contribution in [0.4, 0.5) is 5.82 Å². The SMILES string of the molecule is CCc1nc(N2CCC(N)(C(=O)O)C2)cc(=O)[nH]1. The molecule has 18 heavy (non-hydrogen) atoms. The Bertz CT molecular complexity index is 527. The van der Waals surface area contributed by atoms with Crippen molar-refractivity contribution in [2.45, 2.75) is 25.3 Å². The Morgan fingerprint density at radius 3 is 3.00 bits per heavy atom. The summed E-state index contributed by atoms with van der Waals surface area (Å²) in [7, 11) is 0. The van der Waals surface area contributed by atoms with Gasteiger partial charge in [0.1, 0.15) is 17.2 Å². The summed E-state index contributed by atoms with van der Waals surface area (Å²) in [5.41, 5.74) is 4.30. The number of hydrogen-bond acceptors (Lipinski definition) is 5. The van der Waals surface area contributed by atoms with Crippen molar-refractivity contribution >= 4 is 11.8 Å². The van der Waals surface area contributed by atoms with Gasteiger partial charge in [-0.05, 0) is 6.42 Å². The van der Waals surface area contributed by atoms with Crippen molar-refractivity contribution < 1.29 is 9.90 Å². The van der Waals surface area contributed by atoms with Crippen LogP contribution in [0, 0.1) is 0 Å². The third-order valence-corrected chi connectivity index (χ3v) is 3.16. The maximum absolute atomic E-state index is 11.5. The average Bonchev–Trinajstić information content (AvgIpc) is 2.72. The molecule has 1 fully saturated rings. The zero-order chi connectivity index (χ0) is 13.3. The molecule has 1 unspecified atom stereocenters. The fourth-order valence-corrected chi connectivity index (χ4v) is 2.03. The highest BCUT2D eigenvalue weighted by Crippen LogP contribution is 2.23. The minimum absolute atomic E-state index is 0.169. The largest absolute Gasteiger partial charge is 0.480 e. The molecule has 1 aromatic rings. The number of carbonyl (C=O) groups is 1. The van der Waals surface area contributed by atoms with Crippen molar-refractivity contribution in [1.82, 2.24) is 9.97 Å². The van der Waals surface area contributed by atoms with Gasteiger partial charge in [-0.3, -0.25) is 9.59 Å². The number of aromatic amines is 1. The predicted molar refractivity (Wildman–Crippen MR) is 65.6 cm³/mol. The van der Waals surface area contributed by atoms with E-state index >= 15 is 0 Å². The van der Waals surface area contributed by atoms with E-state index in [4.69, 9.17) is 10.8 Å². The first-order chi connectivity index (χ1) is 8.44. The number of hydrogen-bond donors (Lipinski definition) is 3. The van der Waals surface area contributed by atoms with Gasteiger partial charge in [-0.15, -0.1) is 0 Å². The van der Waals surface area contributed by atoms with Crippen LogP contribution in [0.1, 0.15) is 19.2 Å². The number of aliphatic carboxylic acids is 1. The van der Waals surface area contributed by atoms with Gasteiger partial charge in [0.25, 0.3) is 5.56 Å². The molecular weight excluding hydrogens is 236 g/mol. The number of nitrogens with two attached hydrogens (primary N) is 1. The maximum atomic E-state index is 11.5. The van der Waals surface area contributed by atoms with Crippen LogP contribution in [0.3, 0.4) is 0 Å². The molecule has 0 spiro atoms. The van der Waals surface area contributed by atoms with E-state index in [0.29, 0.717) is 31.0 Å². The molecule has 98 valence electrons. The van der Waals surface area contributed by atoms with Crippen LogP contribution in [0.15, 0.2) is 10.9 Å². The van der Waals surface area contributed by atoms with Crippen LogP contribution in [0.5, 0.6) is 0 Å². The van der Waals surface area contributed by atoms with E-state index < -0.39 is 11.5 Å². The lowest BCUT2D eigenvalue weighted by Gasteiger charge is -2.20. The molecule has 0 radical (unpaired) electrons. The second kappa shape index (κ2) is 4.41. The molecule has 1 atom stereocenters. The number of carboxylic acid groups (broad SMARTS) is 1. The van der Waals surface area contributed by atoms with Gasteiger partial charge in [-0.2, -0.15) is 0 Å². The first-order valence-electron chi connectivity index (χ1n) is 5.82. The highest BCUT2D eigenvalue weighted by molar-refractivity contribution is 5.80. The van der Waals surface area contributed by atoms with Crippen molar-refractivity contribution in [3.05, 3.63) is 22.2 Å². The summed E-state index contributed by atoms with van der Waals surface area (Å²) in [5.74, 6) is 0.0528. The Kier molecular flexibility index (Phi) is 3.08. The summed E-state index contributed by atoms with van der Waals surface area (Å²) >= 11 is 0. The molecule has 7 heteroatoms. The lowest BCUT2D eigenvalue weighted by molar-refractivity contribution is -0.142. The van der Waals surface area contributed by atoms with Gasteiger partial charge in [0.05, 0.1) is 0 Å². The molecule has 0 aromatic carbocycles. The summed E-state index contributed by atoms with van der Waals surface area (Å²) in [6.45, 7) is 2.54. The first kappa shape index (κ1) is 12.6. The fraction of sp³-hybridized carbons (Fsp3) is 0.545. The Balaban J connectivity index is 2.27. The van der Waals surface area contributed by atoms with Gasteiger partial charge in [0, 0.05) is 25.6 Å². The summed E-state index contributed by atoms with van der Waals surface area (Å²) < 4.78 is 0. The number of rotatable bonds is 3. The molecule has 0 bridgehead atoms. The molecular formula is C11H16N4O3. The van der Waals surface area contributed by atoms with Gasteiger partial charge >= 0.3 is 5.97 Å². The van der Waals surface area contributed by atoms with Crippen molar-refractivity contribution in [2.75, 3.05) is 18.0 Å². The maximum Gasteiger partial charge on any atom is 0.325 e. The van der Waals surface area contributed by atoms with Crippen LogP contribution in [0.25, 0.3) is 0 Å². The van der Waals surface area contributed by atoms with Gasteiger partial charge < -0.3 is 20.7 Å². The van der Waals surface area contributed by atoms with Crippen LogP contribution >= 0.6 is 0 Å². The Morgan fingerprint density at radius 2 is 2.44 bits per heavy atom. The second-order valence-corrected chi connectivity index (χ2v) is 4.54. The van der Waals surface area contributed by atoms with Crippen LogP contribution in [-0.2, 0) is 11.2 Å². The molecule has 7 nitrogen and oxygen atoms in total. The molecule has 1 saturated heterocycles. The topological polar surface area (TPSA) is 112 Å². The minimum atomic E-state index is -1.25. The van der Waals surface area contributed by atoms with Crippen LogP contribution in [-0.4, -0.2) is 39.7 Å². The zero-order valence-corrected chi connectivity index (χ0v) is 10.1. The van der Waals surface area contributed by atoms with E-state index in [-0.39, 0.29) is 12.1 Å². The van der Waals surface area contributed by atoms with E-state index in [2.05, 4.69) is 9.97 Å². The van der Waals surface area contributed by atoms with Gasteiger partial charge in [-0.25, -0.2) is 4.98 Å². The van der Waals surface area contributed by atoms with E-state index in [9.17, 15) is 9.59 Å². The number of H-pyrrole nitrogens is 1. The Labute approximate surface area is 104 Å². The summed E-state index contributed by atoms with van der Waals surface area (Å²) in [4.78, 5) is 31.1. The molecule has 0 amide bonds. The third-order valence-electron chi connectivity index (χ3n) is 3.16. The molecule has 2 heterocycles. The molecule has 1 aliphatic heterocycles. The number of nitrogens with zero attached hydrogens (tertiary/aromatic N) is 2. The zero-order valence-electron chi connectivity index (χ0n) is 10.1. The van der Waals surface area contributed by atoms with Crippen molar-refractivity contribution in [3.63, 3.8) is 0 Å². The Hall–Kier alpha value is -1.89. The predicted octanol–water partition coefficient (Wildman–Crippen LogP) is -0.675. The third kappa shape index (κ3) is 2.21. The van der Waals surface area contributed by atoms with E-state index in [1.807, 2.05) is 6.92 Å². The monoisotopic (exact) mass is 252 g/mol. The molecule has 0 aliphatic carbocycles. The summed E-state index contributed by atoms with van der Waals surface area (Å²) in [6.07, 6.45) is 0.960. The highest BCUT2D eigenvalue weighted by Gasteiger charge is 2.41. The first-order valence-corrected chi connectivity index (χ1v) is 5.82. The average molecular weight is 252 g/mol. The van der Waals surface area contributed by atoms with E-state index in [1.54, 1.807) is 4.90 Å². The molecule has 4 N–H and O–H groups in total. The number of nitrogens with one attached hydrogen (secondary N) is 1. The lowest BCUT2D eigenvalue weighted by Crippen LogP contribution is -2.50. The lowest BCUT2D eigenvalue weighted by atomic mass is 10.0. The van der Waals surface area contributed by atoms with E-state index in [1.165, 1.54) is 6.07 Å².